The van der Waals surface area contributed by atoms with Gasteiger partial charge in [0, 0.05) is 24.6 Å². The average molecular weight is 322 g/mol. The van der Waals surface area contributed by atoms with E-state index >= 15 is 0 Å². The number of ether oxygens (including phenoxy) is 3. The predicted octanol–water partition coefficient (Wildman–Crippen LogP) is 2.98. The van der Waals surface area contributed by atoms with E-state index in [-0.39, 0.29) is 5.54 Å². The Hall–Kier alpha value is 0.130. The number of nitrogens with one attached hydrogen (secondary N) is 1. The number of rotatable bonds is 14. The summed E-state index contributed by atoms with van der Waals surface area (Å²) in [4.78, 5) is 0. The molecule has 0 radical (unpaired) electrons. The number of alkyl halides is 1. The van der Waals surface area contributed by atoms with E-state index in [4.69, 9.17) is 25.8 Å². The lowest BCUT2D eigenvalue weighted by atomic mass is 10.0. The molecule has 21 heavy (non-hydrogen) atoms. The molecule has 0 heterocycles. The first-order valence-corrected chi connectivity index (χ1v) is 8.91. The molecule has 1 aliphatic carbocycles. The summed E-state index contributed by atoms with van der Waals surface area (Å²) in [7, 11) is 0. The zero-order chi connectivity index (χ0) is 15.2. The monoisotopic (exact) mass is 321 g/mol. The number of hydrogen-bond donors (Lipinski definition) is 1. The van der Waals surface area contributed by atoms with Crippen LogP contribution in [0.2, 0.25) is 0 Å². The van der Waals surface area contributed by atoms with Crippen LogP contribution < -0.4 is 5.32 Å². The Morgan fingerprint density at radius 1 is 0.905 bits per heavy atom. The second-order valence-corrected chi connectivity index (χ2v) is 6.01. The van der Waals surface area contributed by atoms with Gasteiger partial charge in [-0.25, -0.2) is 0 Å². The summed E-state index contributed by atoms with van der Waals surface area (Å²) >= 11 is 6.07. The molecular formula is C16H32ClNO3. The van der Waals surface area contributed by atoms with Crippen LogP contribution in [0.3, 0.4) is 0 Å². The molecule has 1 aliphatic rings. The van der Waals surface area contributed by atoms with Crippen LogP contribution >= 0.6 is 11.6 Å². The molecule has 1 saturated carbocycles. The van der Waals surface area contributed by atoms with Gasteiger partial charge in [0.1, 0.15) is 0 Å². The molecule has 4 nitrogen and oxygen atoms in total. The quantitative estimate of drug-likeness (QED) is 0.394. The van der Waals surface area contributed by atoms with Gasteiger partial charge in [-0.3, -0.25) is 0 Å². The summed E-state index contributed by atoms with van der Waals surface area (Å²) in [5.74, 6) is 0.703. The molecule has 1 rings (SSSR count). The Morgan fingerprint density at radius 2 is 1.48 bits per heavy atom. The molecule has 0 aliphatic heterocycles. The van der Waals surface area contributed by atoms with Crippen LogP contribution in [-0.2, 0) is 14.2 Å². The second kappa shape index (κ2) is 12.7. The summed E-state index contributed by atoms with van der Waals surface area (Å²) in [5.41, 5.74) is 0.164. The average Bonchev–Trinajstić information content (AvgIpc) is 2.98. The molecule has 0 aromatic rings. The van der Waals surface area contributed by atoms with Crippen molar-refractivity contribution in [3.8, 4) is 0 Å². The van der Waals surface area contributed by atoms with Crippen LogP contribution in [0.15, 0.2) is 0 Å². The van der Waals surface area contributed by atoms with Crippen molar-refractivity contribution in [2.45, 2.75) is 51.0 Å². The van der Waals surface area contributed by atoms with Crippen LogP contribution in [-0.4, -0.2) is 57.6 Å². The molecule has 0 saturated heterocycles. The largest absolute Gasteiger partial charge is 0.379 e. The summed E-state index contributed by atoms with van der Waals surface area (Å²) in [6.07, 6.45) is 7.26. The Kier molecular flexibility index (Phi) is 11.6. The summed E-state index contributed by atoms with van der Waals surface area (Å²) in [6, 6.07) is 0. The van der Waals surface area contributed by atoms with Crippen LogP contribution in [0.1, 0.15) is 45.4 Å². The number of unbranched alkanes of at least 4 members (excludes halogenated alkanes) is 1. The maximum Gasteiger partial charge on any atom is 0.0701 e. The Labute approximate surface area is 134 Å². The molecular weight excluding hydrogens is 290 g/mol. The van der Waals surface area contributed by atoms with Crippen LogP contribution in [0, 0.1) is 0 Å². The molecule has 5 heteroatoms. The van der Waals surface area contributed by atoms with E-state index in [1.54, 1.807) is 0 Å². The first kappa shape index (κ1) is 19.2. The summed E-state index contributed by atoms with van der Waals surface area (Å²) in [5, 5.41) is 3.56. The molecule has 0 aromatic carbocycles. The van der Waals surface area contributed by atoms with Crippen LogP contribution in [0.5, 0.6) is 0 Å². The van der Waals surface area contributed by atoms with Crippen molar-refractivity contribution in [3.05, 3.63) is 0 Å². The molecule has 0 bridgehead atoms. The fraction of sp³-hybridized carbons (Fsp3) is 1.00. The lowest BCUT2D eigenvalue weighted by molar-refractivity contribution is 0.0139. The fourth-order valence-corrected chi connectivity index (χ4v) is 2.95. The van der Waals surface area contributed by atoms with Crippen molar-refractivity contribution in [1.82, 2.24) is 5.32 Å². The first-order chi connectivity index (χ1) is 10.3. The van der Waals surface area contributed by atoms with E-state index in [9.17, 15) is 0 Å². The maximum absolute atomic E-state index is 6.07. The topological polar surface area (TPSA) is 39.7 Å². The van der Waals surface area contributed by atoms with Crippen LogP contribution in [0.25, 0.3) is 0 Å². The van der Waals surface area contributed by atoms with Crippen molar-refractivity contribution in [2.24, 2.45) is 0 Å². The van der Waals surface area contributed by atoms with E-state index < -0.39 is 0 Å². The van der Waals surface area contributed by atoms with Gasteiger partial charge in [0.05, 0.1) is 33.0 Å². The third-order valence-electron chi connectivity index (χ3n) is 3.95. The van der Waals surface area contributed by atoms with E-state index in [0.29, 0.717) is 32.3 Å². The minimum atomic E-state index is 0.164. The molecule has 0 atom stereocenters. The zero-order valence-electron chi connectivity index (χ0n) is 13.5. The SMILES string of the molecule is CCCCOCCOCCOCCNC1(CCl)CCCC1. The highest BCUT2D eigenvalue weighted by molar-refractivity contribution is 6.18. The highest BCUT2D eigenvalue weighted by Crippen LogP contribution is 2.30. The van der Waals surface area contributed by atoms with Gasteiger partial charge >= 0.3 is 0 Å². The zero-order valence-corrected chi connectivity index (χ0v) is 14.3. The minimum Gasteiger partial charge on any atom is -0.379 e. The Morgan fingerprint density at radius 3 is 2.05 bits per heavy atom. The lowest BCUT2D eigenvalue weighted by Crippen LogP contribution is -2.46. The minimum absolute atomic E-state index is 0.164. The number of hydrogen-bond acceptors (Lipinski definition) is 4. The van der Waals surface area contributed by atoms with Crippen molar-refractivity contribution in [2.75, 3.05) is 52.1 Å². The molecule has 1 fully saturated rings. The van der Waals surface area contributed by atoms with Gasteiger partial charge in [-0.15, -0.1) is 11.6 Å². The Bertz CT molecular complexity index is 236. The summed E-state index contributed by atoms with van der Waals surface area (Å²) < 4.78 is 16.4. The Balaban J connectivity index is 1.80. The molecule has 0 amide bonds. The third-order valence-corrected chi connectivity index (χ3v) is 4.46. The lowest BCUT2D eigenvalue weighted by Gasteiger charge is -2.27. The van der Waals surface area contributed by atoms with Gasteiger partial charge in [-0.1, -0.05) is 26.2 Å². The van der Waals surface area contributed by atoms with Gasteiger partial charge in [0.15, 0.2) is 0 Å². The highest BCUT2D eigenvalue weighted by Gasteiger charge is 2.31. The van der Waals surface area contributed by atoms with Crippen molar-refractivity contribution in [3.63, 3.8) is 0 Å². The second-order valence-electron chi connectivity index (χ2n) is 5.74. The normalized spacial score (nSPS) is 17.4. The van der Waals surface area contributed by atoms with Gasteiger partial charge in [-0.2, -0.15) is 0 Å². The van der Waals surface area contributed by atoms with E-state index in [0.717, 1.165) is 26.2 Å². The number of halogens is 1. The van der Waals surface area contributed by atoms with E-state index in [2.05, 4.69) is 12.2 Å². The van der Waals surface area contributed by atoms with E-state index in [1.165, 1.54) is 32.1 Å². The smallest absolute Gasteiger partial charge is 0.0701 e. The standard InChI is InChI=1S/C16H32ClNO3/c1-2-3-9-19-11-13-21-14-12-20-10-8-18-16(15-17)6-4-5-7-16/h18H,2-15H2,1H3. The molecule has 1 N–H and O–H groups in total. The summed E-state index contributed by atoms with van der Waals surface area (Å²) in [6.45, 7) is 7.20. The highest BCUT2D eigenvalue weighted by atomic mass is 35.5. The molecule has 0 spiro atoms. The predicted molar refractivity (Wildman–Crippen MR) is 87.3 cm³/mol. The molecule has 126 valence electrons. The van der Waals surface area contributed by atoms with Crippen molar-refractivity contribution < 1.29 is 14.2 Å². The van der Waals surface area contributed by atoms with Gasteiger partial charge in [-0.05, 0) is 19.3 Å². The van der Waals surface area contributed by atoms with Gasteiger partial charge in [0.2, 0.25) is 0 Å². The van der Waals surface area contributed by atoms with Gasteiger partial charge < -0.3 is 19.5 Å². The van der Waals surface area contributed by atoms with E-state index in [1.807, 2.05) is 0 Å². The first-order valence-electron chi connectivity index (χ1n) is 8.37. The van der Waals surface area contributed by atoms with Crippen molar-refractivity contribution in [1.29, 1.82) is 0 Å². The molecule has 0 aromatic heterocycles. The third kappa shape index (κ3) is 8.99. The van der Waals surface area contributed by atoms with Crippen LogP contribution in [0.4, 0.5) is 0 Å². The maximum atomic E-state index is 6.07. The molecule has 0 unspecified atom stereocenters. The van der Waals surface area contributed by atoms with Crippen molar-refractivity contribution >= 4 is 11.6 Å². The fourth-order valence-electron chi connectivity index (χ4n) is 2.59. The van der Waals surface area contributed by atoms with Gasteiger partial charge in [0.25, 0.3) is 0 Å².